The first-order valence-electron chi connectivity index (χ1n) is 4.40. The fourth-order valence-electron chi connectivity index (χ4n) is 1.33. The van der Waals surface area contributed by atoms with Crippen molar-refractivity contribution in [2.45, 2.75) is 6.92 Å². The Bertz CT molecular complexity index is 435. The Hall–Kier alpha value is -1.90. The SMILES string of the molecule is Cc1ccncc1-c1ccc(N)nc1. The summed E-state index contributed by atoms with van der Waals surface area (Å²) < 4.78 is 0. The Balaban J connectivity index is 2.50. The van der Waals surface area contributed by atoms with Gasteiger partial charge in [-0.3, -0.25) is 4.98 Å². The number of aryl methyl sites for hydroxylation is 1. The molecule has 0 spiro atoms. The molecule has 0 saturated carbocycles. The predicted octanol–water partition coefficient (Wildman–Crippen LogP) is 2.03. The maximum Gasteiger partial charge on any atom is 0.123 e. The molecule has 0 amide bonds. The lowest BCUT2D eigenvalue weighted by molar-refractivity contribution is 1.27. The molecule has 14 heavy (non-hydrogen) atoms. The first-order chi connectivity index (χ1) is 6.77. The van der Waals surface area contributed by atoms with Crippen molar-refractivity contribution in [3.63, 3.8) is 0 Å². The van der Waals surface area contributed by atoms with Crippen molar-refractivity contribution < 1.29 is 0 Å². The van der Waals surface area contributed by atoms with Crippen LogP contribution in [0, 0.1) is 6.92 Å². The van der Waals surface area contributed by atoms with Crippen molar-refractivity contribution in [2.24, 2.45) is 0 Å². The van der Waals surface area contributed by atoms with Crippen LogP contribution in [0.5, 0.6) is 0 Å². The first-order valence-corrected chi connectivity index (χ1v) is 4.40. The van der Waals surface area contributed by atoms with Crippen molar-refractivity contribution in [3.8, 4) is 11.1 Å². The molecule has 3 heteroatoms. The van der Waals surface area contributed by atoms with Gasteiger partial charge in [0.2, 0.25) is 0 Å². The van der Waals surface area contributed by atoms with Crippen molar-refractivity contribution in [1.82, 2.24) is 9.97 Å². The van der Waals surface area contributed by atoms with Crippen molar-refractivity contribution in [3.05, 3.63) is 42.4 Å². The highest BCUT2D eigenvalue weighted by Gasteiger charge is 2.00. The van der Waals surface area contributed by atoms with Gasteiger partial charge in [0.15, 0.2) is 0 Å². The lowest BCUT2D eigenvalue weighted by atomic mass is 10.1. The smallest absolute Gasteiger partial charge is 0.123 e. The summed E-state index contributed by atoms with van der Waals surface area (Å²) in [6, 6.07) is 5.72. The summed E-state index contributed by atoms with van der Waals surface area (Å²) in [7, 11) is 0. The van der Waals surface area contributed by atoms with E-state index >= 15 is 0 Å². The second kappa shape index (κ2) is 3.46. The van der Waals surface area contributed by atoms with Crippen LogP contribution in [0.25, 0.3) is 11.1 Å². The van der Waals surface area contributed by atoms with Crippen LogP contribution >= 0.6 is 0 Å². The van der Waals surface area contributed by atoms with Crippen LogP contribution in [0.2, 0.25) is 0 Å². The minimum atomic E-state index is 0.537. The predicted molar refractivity (Wildman–Crippen MR) is 56.6 cm³/mol. The topological polar surface area (TPSA) is 51.8 Å². The van der Waals surface area contributed by atoms with E-state index in [1.54, 1.807) is 18.5 Å². The van der Waals surface area contributed by atoms with E-state index < -0.39 is 0 Å². The summed E-state index contributed by atoms with van der Waals surface area (Å²) in [6.07, 6.45) is 5.38. The normalized spacial score (nSPS) is 10.1. The van der Waals surface area contributed by atoms with E-state index in [4.69, 9.17) is 5.73 Å². The van der Waals surface area contributed by atoms with Gasteiger partial charge in [0.1, 0.15) is 5.82 Å². The van der Waals surface area contributed by atoms with Crippen LogP contribution in [-0.4, -0.2) is 9.97 Å². The summed E-state index contributed by atoms with van der Waals surface area (Å²) in [4.78, 5) is 8.13. The van der Waals surface area contributed by atoms with Crippen LogP contribution in [0.1, 0.15) is 5.56 Å². The van der Waals surface area contributed by atoms with Gasteiger partial charge in [0.25, 0.3) is 0 Å². The quantitative estimate of drug-likeness (QED) is 0.739. The molecule has 2 aromatic rings. The number of nitrogen functional groups attached to an aromatic ring is 1. The van der Waals surface area contributed by atoms with Gasteiger partial charge in [0, 0.05) is 29.7 Å². The van der Waals surface area contributed by atoms with Crippen LogP contribution < -0.4 is 5.73 Å². The molecule has 0 aliphatic heterocycles. The maximum atomic E-state index is 5.52. The molecule has 0 atom stereocenters. The Morgan fingerprint density at radius 3 is 2.64 bits per heavy atom. The van der Waals surface area contributed by atoms with E-state index in [-0.39, 0.29) is 0 Å². The molecule has 2 rings (SSSR count). The Morgan fingerprint density at radius 1 is 1.14 bits per heavy atom. The lowest BCUT2D eigenvalue weighted by Crippen LogP contribution is -1.90. The van der Waals surface area contributed by atoms with Gasteiger partial charge in [-0.1, -0.05) is 0 Å². The van der Waals surface area contributed by atoms with Crippen LogP contribution in [0.4, 0.5) is 5.82 Å². The molecular formula is C11H11N3. The molecule has 0 radical (unpaired) electrons. The van der Waals surface area contributed by atoms with E-state index in [2.05, 4.69) is 9.97 Å². The third-order valence-corrected chi connectivity index (χ3v) is 2.14. The average Bonchev–Trinajstić information content (AvgIpc) is 2.20. The average molecular weight is 185 g/mol. The van der Waals surface area contributed by atoms with Gasteiger partial charge in [-0.25, -0.2) is 4.98 Å². The molecule has 0 fully saturated rings. The van der Waals surface area contributed by atoms with Crippen LogP contribution in [0.15, 0.2) is 36.8 Å². The van der Waals surface area contributed by atoms with Gasteiger partial charge in [-0.15, -0.1) is 0 Å². The van der Waals surface area contributed by atoms with Gasteiger partial charge in [-0.2, -0.15) is 0 Å². The molecule has 70 valence electrons. The minimum absolute atomic E-state index is 0.537. The van der Waals surface area contributed by atoms with Crippen LogP contribution in [-0.2, 0) is 0 Å². The molecule has 0 bridgehead atoms. The Labute approximate surface area is 82.6 Å². The number of aromatic nitrogens is 2. The minimum Gasteiger partial charge on any atom is -0.384 e. The molecule has 0 aliphatic carbocycles. The lowest BCUT2D eigenvalue weighted by Gasteiger charge is -2.04. The third kappa shape index (κ3) is 1.57. The molecule has 2 N–H and O–H groups in total. The summed E-state index contributed by atoms with van der Waals surface area (Å²) >= 11 is 0. The van der Waals surface area contributed by atoms with E-state index in [1.807, 2.05) is 25.3 Å². The fourth-order valence-corrected chi connectivity index (χ4v) is 1.33. The monoisotopic (exact) mass is 185 g/mol. The Morgan fingerprint density at radius 2 is 2.00 bits per heavy atom. The number of hydrogen-bond acceptors (Lipinski definition) is 3. The molecule has 0 aliphatic rings. The van der Waals surface area contributed by atoms with Crippen molar-refractivity contribution in [1.29, 1.82) is 0 Å². The summed E-state index contributed by atoms with van der Waals surface area (Å²) in [5, 5.41) is 0. The van der Waals surface area contributed by atoms with Gasteiger partial charge in [0.05, 0.1) is 0 Å². The standard InChI is InChI=1S/C11H11N3/c1-8-4-5-13-7-10(8)9-2-3-11(12)14-6-9/h2-7H,1H3,(H2,12,14). The largest absolute Gasteiger partial charge is 0.384 e. The highest BCUT2D eigenvalue weighted by Crippen LogP contribution is 2.21. The van der Waals surface area contributed by atoms with Gasteiger partial charge in [-0.05, 0) is 30.7 Å². The molecule has 0 aromatic carbocycles. The molecule has 2 aromatic heterocycles. The number of nitrogens with zero attached hydrogens (tertiary/aromatic N) is 2. The molecule has 3 nitrogen and oxygen atoms in total. The summed E-state index contributed by atoms with van der Waals surface area (Å²) in [6.45, 7) is 2.05. The number of anilines is 1. The van der Waals surface area contributed by atoms with Gasteiger partial charge >= 0.3 is 0 Å². The molecule has 0 saturated heterocycles. The molecular weight excluding hydrogens is 174 g/mol. The van der Waals surface area contributed by atoms with E-state index in [9.17, 15) is 0 Å². The van der Waals surface area contributed by atoms with Crippen molar-refractivity contribution >= 4 is 5.82 Å². The third-order valence-electron chi connectivity index (χ3n) is 2.14. The number of pyridine rings is 2. The zero-order valence-electron chi connectivity index (χ0n) is 7.94. The summed E-state index contributed by atoms with van der Waals surface area (Å²) in [5.74, 6) is 0.537. The molecule has 2 heterocycles. The second-order valence-electron chi connectivity index (χ2n) is 3.16. The van der Waals surface area contributed by atoms with E-state index in [1.165, 1.54) is 5.56 Å². The zero-order valence-corrected chi connectivity index (χ0v) is 7.94. The first kappa shape index (κ1) is 8.69. The number of nitrogens with two attached hydrogens (primary N) is 1. The van der Waals surface area contributed by atoms with Gasteiger partial charge < -0.3 is 5.73 Å². The van der Waals surface area contributed by atoms with Crippen molar-refractivity contribution in [2.75, 3.05) is 5.73 Å². The van der Waals surface area contributed by atoms with Crippen LogP contribution in [0.3, 0.4) is 0 Å². The molecule has 0 unspecified atom stereocenters. The fraction of sp³-hybridized carbons (Fsp3) is 0.0909. The number of hydrogen-bond donors (Lipinski definition) is 1. The highest BCUT2D eigenvalue weighted by atomic mass is 14.8. The maximum absolute atomic E-state index is 5.52. The number of rotatable bonds is 1. The summed E-state index contributed by atoms with van der Waals surface area (Å²) in [5.41, 5.74) is 8.85. The van der Waals surface area contributed by atoms with E-state index in [0.717, 1.165) is 11.1 Å². The second-order valence-corrected chi connectivity index (χ2v) is 3.16. The highest BCUT2D eigenvalue weighted by molar-refractivity contribution is 5.65. The van der Waals surface area contributed by atoms with E-state index in [0.29, 0.717) is 5.82 Å². The zero-order chi connectivity index (χ0) is 9.97. The Kier molecular flexibility index (Phi) is 2.14.